The van der Waals surface area contributed by atoms with Gasteiger partial charge in [0.2, 0.25) is 0 Å². The SMILES string of the molecule is [C]#CCCCC(CC)NC. The zero-order valence-corrected chi connectivity index (χ0v) is 6.91. The molecule has 0 saturated heterocycles. The van der Waals surface area contributed by atoms with Gasteiger partial charge in [0.25, 0.3) is 0 Å². The Morgan fingerprint density at radius 3 is 2.70 bits per heavy atom. The lowest BCUT2D eigenvalue weighted by Gasteiger charge is -2.11. The van der Waals surface area contributed by atoms with Crippen molar-refractivity contribution in [2.45, 2.75) is 38.6 Å². The molecular formula is C9H16N. The minimum Gasteiger partial charge on any atom is -0.317 e. The summed E-state index contributed by atoms with van der Waals surface area (Å²) in [5.41, 5.74) is 0. The molecule has 1 N–H and O–H groups in total. The van der Waals surface area contributed by atoms with Gasteiger partial charge in [-0.2, -0.15) is 0 Å². The number of hydrogen-bond acceptors (Lipinski definition) is 1. The third-order valence-electron chi connectivity index (χ3n) is 1.76. The second-order valence-corrected chi connectivity index (χ2v) is 2.46. The predicted molar refractivity (Wildman–Crippen MR) is 44.1 cm³/mol. The maximum atomic E-state index is 6.69. The van der Waals surface area contributed by atoms with Gasteiger partial charge in [-0.1, -0.05) is 12.8 Å². The molecule has 0 fully saturated rings. The summed E-state index contributed by atoms with van der Waals surface area (Å²) in [6, 6.07) is 0.633. The molecule has 0 aliphatic carbocycles. The molecule has 0 bridgehead atoms. The number of rotatable bonds is 5. The molecule has 10 heavy (non-hydrogen) atoms. The lowest BCUT2D eigenvalue weighted by atomic mass is 10.1. The Labute approximate surface area is 64.2 Å². The summed E-state index contributed by atoms with van der Waals surface area (Å²) in [5.74, 6) is 2.39. The van der Waals surface area contributed by atoms with E-state index in [1.165, 1.54) is 12.8 Å². The van der Waals surface area contributed by atoms with Gasteiger partial charge in [0.05, 0.1) is 0 Å². The third-order valence-corrected chi connectivity index (χ3v) is 1.76. The lowest BCUT2D eigenvalue weighted by molar-refractivity contribution is 0.495. The Kier molecular flexibility index (Phi) is 6.32. The topological polar surface area (TPSA) is 12.0 Å². The van der Waals surface area contributed by atoms with Crippen molar-refractivity contribution < 1.29 is 0 Å². The molecule has 1 heteroatoms. The number of nitrogens with one attached hydrogen (secondary N) is 1. The van der Waals surface area contributed by atoms with E-state index in [1.807, 2.05) is 7.05 Å². The fourth-order valence-electron chi connectivity index (χ4n) is 0.989. The molecule has 0 aliphatic heterocycles. The summed E-state index contributed by atoms with van der Waals surface area (Å²) < 4.78 is 0. The van der Waals surface area contributed by atoms with E-state index in [0.29, 0.717) is 6.04 Å². The van der Waals surface area contributed by atoms with Crippen LogP contribution in [0.15, 0.2) is 0 Å². The molecule has 1 unspecified atom stereocenters. The summed E-state index contributed by atoms with van der Waals surface area (Å²) in [5, 5.41) is 3.22. The zero-order valence-electron chi connectivity index (χ0n) is 6.91. The molecule has 0 rings (SSSR count). The molecule has 1 atom stereocenters. The predicted octanol–water partition coefficient (Wildman–Crippen LogP) is 1.74. The summed E-state index contributed by atoms with van der Waals surface area (Å²) in [6.07, 6.45) is 10.9. The Bertz CT molecular complexity index is 97.8. The highest BCUT2D eigenvalue weighted by Crippen LogP contribution is 2.02. The first-order valence-corrected chi connectivity index (χ1v) is 3.92. The van der Waals surface area contributed by atoms with Gasteiger partial charge in [-0.05, 0) is 32.7 Å². The van der Waals surface area contributed by atoms with Crippen molar-refractivity contribution in [2.75, 3.05) is 7.05 Å². The van der Waals surface area contributed by atoms with Crippen molar-refractivity contribution in [1.29, 1.82) is 0 Å². The minimum atomic E-state index is 0.633. The van der Waals surface area contributed by atoms with E-state index in [2.05, 4.69) is 18.2 Å². The van der Waals surface area contributed by atoms with Crippen LogP contribution in [0.3, 0.4) is 0 Å². The van der Waals surface area contributed by atoms with Crippen LogP contribution in [0, 0.1) is 12.3 Å². The number of hydrogen-bond donors (Lipinski definition) is 1. The van der Waals surface area contributed by atoms with Crippen LogP contribution in [0.5, 0.6) is 0 Å². The van der Waals surface area contributed by atoms with Gasteiger partial charge in [-0.25, -0.2) is 0 Å². The van der Waals surface area contributed by atoms with Crippen LogP contribution in [0.4, 0.5) is 0 Å². The van der Waals surface area contributed by atoms with Crippen LogP contribution in [0.25, 0.3) is 0 Å². The molecule has 0 aromatic heterocycles. The lowest BCUT2D eigenvalue weighted by Crippen LogP contribution is -2.23. The number of unbranched alkanes of at least 4 members (excludes halogenated alkanes) is 1. The summed E-state index contributed by atoms with van der Waals surface area (Å²) >= 11 is 0. The van der Waals surface area contributed by atoms with Gasteiger partial charge in [0.1, 0.15) is 0 Å². The van der Waals surface area contributed by atoms with Gasteiger partial charge >= 0.3 is 0 Å². The van der Waals surface area contributed by atoms with Crippen LogP contribution in [0.1, 0.15) is 32.6 Å². The van der Waals surface area contributed by atoms with Crippen molar-refractivity contribution in [3.05, 3.63) is 6.42 Å². The normalized spacial score (nSPS) is 12.5. The maximum Gasteiger partial charge on any atom is 0.00995 e. The average molecular weight is 138 g/mol. The standard InChI is InChI=1S/C9H16N/c1-4-6-7-8-9(5-2)10-3/h9-10H,5-8H2,2-3H3. The highest BCUT2D eigenvalue weighted by Gasteiger charge is 1.99. The average Bonchev–Trinajstić information content (AvgIpc) is 1.99. The molecule has 1 nitrogen and oxygen atoms in total. The van der Waals surface area contributed by atoms with Crippen molar-refractivity contribution >= 4 is 0 Å². The quantitative estimate of drug-likeness (QED) is 0.451. The second kappa shape index (κ2) is 6.64. The minimum absolute atomic E-state index is 0.633. The fraction of sp³-hybridized carbons (Fsp3) is 0.778. The smallest absolute Gasteiger partial charge is 0.00995 e. The molecule has 0 heterocycles. The van der Waals surface area contributed by atoms with E-state index in [-0.39, 0.29) is 0 Å². The van der Waals surface area contributed by atoms with Crippen molar-refractivity contribution in [2.24, 2.45) is 0 Å². The van der Waals surface area contributed by atoms with E-state index in [9.17, 15) is 0 Å². The van der Waals surface area contributed by atoms with E-state index in [1.54, 1.807) is 0 Å². The molecule has 0 spiro atoms. The van der Waals surface area contributed by atoms with Crippen molar-refractivity contribution in [1.82, 2.24) is 5.32 Å². The van der Waals surface area contributed by atoms with E-state index < -0.39 is 0 Å². The second-order valence-electron chi connectivity index (χ2n) is 2.46. The Morgan fingerprint density at radius 2 is 2.30 bits per heavy atom. The van der Waals surface area contributed by atoms with Crippen molar-refractivity contribution in [3.63, 3.8) is 0 Å². The van der Waals surface area contributed by atoms with Gasteiger partial charge in [0.15, 0.2) is 0 Å². The molecule has 0 aromatic rings. The van der Waals surface area contributed by atoms with Crippen LogP contribution < -0.4 is 5.32 Å². The molecule has 0 amide bonds. The first-order valence-electron chi connectivity index (χ1n) is 3.92. The summed E-state index contributed by atoms with van der Waals surface area (Å²) in [6.45, 7) is 2.18. The monoisotopic (exact) mass is 138 g/mol. The highest BCUT2D eigenvalue weighted by atomic mass is 14.9. The first kappa shape index (κ1) is 9.52. The van der Waals surface area contributed by atoms with Gasteiger partial charge < -0.3 is 5.32 Å². The molecule has 1 radical (unpaired) electrons. The van der Waals surface area contributed by atoms with Crippen LogP contribution in [0.2, 0.25) is 0 Å². The van der Waals surface area contributed by atoms with Gasteiger partial charge in [0, 0.05) is 12.5 Å². The molecule has 0 aromatic carbocycles. The fourth-order valence-corrected chi connectivity index (χ4v) is 0.989. The first-order chi connectivity index (χ1) is 4.85. The third kappa shape index (κ3) is 4.40. The summed E-state index contributed by atoms with van der Waals surface area (Å²) in [4.78, 5) is 0. The van der Waals surface area contributed by atoms with Crippen LogP contribution in [-0.4, -0.2) is 13.1 Å². The Morgan fingerprint density at radius 1 is 1.60 bits per heavy atom. The molecular weight excluding hydrogens is 122 g/mol. The zero-order chi connectivity index (χ0) is 7.82. The Hall–Kier alpha value is -0.480. The molecule has 0 saturated carbocycles. The highest BCUT2D eigenvalue weighted by molar-refractivity contribution is 4.76. The van der Waals surface area contributed by atoms with Gasteiger partial charge in [-0.3, -0.25) is 0 Å². The maximum absolute atomic E-state index is 6.69. The molecule has 57 valence electrons. The van der Waals surface area contributed by atoms with E-state index in [4.69, 9.17) is 6.42 Å². The van der Waals surface area contributed by atoms with Crippen molar-refractivity contribution in [3.8, 4) is 5.92 Å². The van der Waals surface area contributed by atoms with Crippen LogP contribution in [-0.2, 0) is 0 Å². The van der Waals surface area contributed by atoms with E-state index >= 15 is 0 Å². The molecule has 0 aliphatic rings. The van der Waals surface area contributed by atoms with Gasteiger partial charge in [-0.15, -0.1) is 0 Å². The van der Waals surface area contributed by atoms with E-state index in [0.717, 1.165) is 12.8 Å². The summed E-state index contributed by atoms with van der Waals surface area (Å²) in [7, 11) is 1.99. The van der Waals surface area contributed by atoms with Crippen LogP contribution >= 0.6 is 0 Å². The largest absolute Gasteiger partial charge is 0.317 e. The Balaban J connectivity index is 3.19.